The topological polar surface area (TPSA) is 116 Å². The van der Waals surface area contributed by atoms with Gasteiger partial charge in [0.15, 0.2) is 0 Å². The molecular formula is C21H30O8S. The quantitative estimate of drug-likeness (QED) is 0.190. The fourth-order valence-corrected chi connectivity index (χ4v) is 3.09. The van der Waals surface area contributed by atoms with Crippen LogP contribution in [0.1, 0.15) is 49.7 Å². The van der Waals surface area contributed by atoms with Crippen molar-refractivity contribution in [1.82, 2.24) is 0 Å². The van der Waals surface area contributed by atoms with Gasteiger partial charge in [0.05, 0.1) is 26.6 Å². The molecule has 8 nitrogen and oxygen atoms in total. The maximum atomic E-state index is 11.4. The Bertz CT molecular complexity index is 814. The summed E-state index contributed by atoms with van der Waals surface area (Å²) in [4.78, 5) is 22.0. The minimum Gasteiger partial charge on any atom is -0.494 e. The van der Waals surface area contributed by atoms with Gasteiger partial charge in [-0.3, -0.25) is 8.98 Å². The van der Waals surface area contributed by atoms with Crippen molar-refractivity contribution >= 4 is 28.1 Å². The van der Waals surface area contributed by atoms with Crippen molar-refractivity contribution in [2.45, 2.75) is 44.9 Å². The molecule has 1 aromatic carbocycles. The summed E-state index contributed by atoms with van der Waals surface area (Å²) < 4.78 is 36.8. The SMILES string of the molecule is COC(=O)/C=C/c1cc(OCCCC(=O)O)ccc1CCCCCCOS(C)(=O)=O. The molecule has 0 aliphatic heterocycles. The largest absolute Gasteiger partial charge is 0.494 e. The van der Waals surface area contributed by atoms with E-state index in [0.717, 1.165) is 43.1 Å². The Morgan fingerprint density at radius 1 is 1.07 bits per heavy atom. The van der Waals surface area contributed by atoms with Crippen LogP contribution < -0.4 is 4.74 Å². The van der Waals surface area contributed by atoms with E-state index in [4.69, 9.17) is 14.0 Å². The molecule has 0 fully saturated rings. The van der Waals surface area contributed by atoms with Crippen molar-refractivity contribution < 1.29 is 36.8 Å². The number of rotatable bonds is 15. The first-order valence-corrected chi connectivity index (χ1v) is 11.6. The average molecular weight is 443 g/mol. The molecule has 1 aromatic rings. The first-order chi connectivity index (χ1) is 14.2. The summed E-state index contributed by atoms with van der Waals surface area (Å²) >= 11 is 0. The van der Waals surface area contributed by atoms with Crippen LogP contribution in [0.4, 0.5) is 0 Å². The third kappa shape index (κ3) is 12.2. The van der Waals surface area contributed by atoms with E-state index < -0.39 is 22.1 Å². The molecule has 0 aromatic heterocycles. The molecule has 1 rings (SSSR count). The minimum absolute atomic E-state index is 0.0441. The smallest absolute Gasteiger partial charge is 0.330 e. The summed E-state index contributed by atoms with van der Waals surface area (Å²) in [6.45, 7) is 0.487. The Labute approximate surface area is 178 Å². The molecule has 0 amide bonds. The lowest BCUT2D eigenvalue weighted by molar-refractivity contribution is -0.137. The Morgan fingerprint density at radius 2 is 1.80 bits per heavy atom. The van der Waals surface area contributed by atoms with Gasteiger partial charge in [-0.2, -0.15) is 8.42 Å². The highest BCUT2D eigenvalue weighted by molar-refractivity contribution is 7.85. The molecule has 0 saturated carbocycles. The molecule has 0 aliphatic carbocycles. The Kier molecular flexibility index (Phi) is 11.8. The molecule has 0 radical (unpaired) electrons. The number of esters is 1. The normalized spacial score (nSPS) is 11.5. The zero-order chi connectivity index (χ0) is 22.4. The maximum absolute atomic E-state index is 11.4. The average Bonchev–Trinajstić information content (AvgIpc) is 2.68. The minimum atomic E-state index is -3.38. The lowest BCUT2D eigenvalue weighted by Crippen LogP contribution is -2.04. The monoisotopic (exact) mass is 442 g/mol. The van der Waals surface area contributed by atoms with Gasteiger partial charge in [0.2, 0.25) is 0 Å². The molecule has 168 valence electrons. The summed E-state index contributed by atoms with van der Waals surface area (Å²) in [7, 11) is -2.08. The standard InChI is InChI=1S/C21H30O8S/c1-27-21(24)13-11-18-16-19(28-14-7-9-20(22)23)12-10-17(18)8-5-3-4-6-15-29-30(2,25)26/h10-13,16H,3-9,14-15H2,1-2H3,(H,22,23)/b13-11+. The van der Waals surface area contributed by atoms with E-state index in [2.05, 4.69) is 4.74 Å². The van der Waals surface area contributed by atoms with Crippen molar-refractivity contribution in [2.75, 3.05) is 26.6 Å². The number of carbonyl (C=O) groups is 2. The number of hydrogen-bond donors (Lipinski definition) is 1. The van der Waals surface area contributed by atoms with Crippen molar-refractivity contribution in [1.29, 1.82) is 0 Å². The molecule has 0 spiro atoms. The van der Waals surface area contributed by atoms with E-state index in [-0.39, 0.29) is 13.0 Å². The van der Waals surface area contributed by atoms with Crippen molar-refractivity contribution in [3.05, 3.63) is 35.4 Å². The van der Waals surface area contributed by atoms with E-state index in [0.29, 0.717) is 25.2 Å². The molecule has 0 saturated heterocycles. The molecule has 0 aliphatic rings. The summed E-state index contributed by atoms with van der Waals surface area (Å²) in [5.74, 6) is -0.718. The summed E-state index contributed by atoms with van der Waals surface area (Å²) in [5.41, 5.74) is 1.87. The van der Waals surface area contributed by atoms with E-state index >= 15 is 0 Å². The van der Waals surface area contributed by atoms with E-state index in [1.807, 2.05) is 18.2 Å². The molecule has 1 N–H and O–H groups in total. The zero-order valence-electron chi connectivity index (χ0n) is 17.5. The molecule has 0 heterocycles. The Hall–Kier alpha value is -2.39. The predicted octanol–water partition coefficient (Wildman–Crippen LogP) is 3.20. The third-order valence-electron chi connectivity index (χ3n) is 4.16. The maximum Gasteiger partial charge on any atom is 0.330 e. The van der Waals surface area contributed by atoms with Gasteiger partial charge in [-0.15, -0.1) is 0 Å². The van der Waals surface area contributed by atoms with Gasteiger partial charge in [-0.05, 0) is 55.0 Å². The van der Waals surface area contributed by atoms with Gasteiger partial charge >= 0.3 is 11.9 Å². The summed E-state index contributed by atoms with van der Waals surface area (Å²) in [6, 6.07) is 5.57. The lowest BCUT2D eigenvalue weighted by atomic mass is 10.00. The second-order valence-electron chi connectivity index (χ2n) is 6.75. The van der Waals surface area contributed by atoms with Crippen LogP contribution >= 0.6 is 0 Å². The first kappa shape index (κ1) is 25.6. The number of benzene rings is 1. The second kappa shape index (κ2) is 13.8. The highest BCUT2D eigenvalue weighted by Crippen LogP contribution is 2.22. The number of unbranched alkanes of at least 4 members (excludes halogenated alkanes) is 3. The summed E-state index contributed by atoms with van der Waals surface area (Å²) in [6.07, 6.45) is 8.63. The van der Waals surface area contributed by atoms with Gasteiger partial charge in [0.1, 0.15) is 5.75 Å². The molecular weight excluding hydrogens is 412 g/mol. The van der Waals surface area contributed by atoms with Crippen LogP contribution in [0.15, 0.2) is 24.3 Å². The van der Waals surface area contributed by atoms with Gasteiger partial charge in [0.25, 0.3) is 10.1 Å². The molecule has 0 atom stereocenters. The Morgan fingerprint density at radius 3 is 2.47 bits per heavy atom. The zero-order valence-corrected chi connectivity index (χ0v) is 18.3. The fraction of sp³-hybridized carbons (Fsp3) is 0.524. The fourth-order valence-electron chi connectivity index (χ4n) is 2.67. The van der Waals surface area contributed by atoms with Crippen LogP contribution in [0.3, 0.4) is 0 Å². The van der Waals surface area contributed by atoms with Crippen molar-refractivity contribution in [3.63, 3.8) is 0 Å². The number of carboxylic acids is 1. The second-order valence-corrected chi connectivity index (χ2v) is 8.40. The molecule has 9 heteroatoms. The number of methoxy groups -OCH3 is 1. The van der Waals surface area contributed by atoms with E-state index in [9.17, 15) is 18.0 Å². The van der Waals surface area contributed by atoms with Gasteiger partial charge in [-0.25, -0.2) is 4.79 Å². The van der Waals surface area contributed by atoms with E-state index in [1.54, 1.807) is 6.08 Å². The highest BCUT2D eigenvalue weighted by atomic mass is 32.2. The lowest BCUT2D eigenvalue weighted by Gasteiger charge is -2.11. The number of aliphatic carboxylic acids is 1. The van der Waals surface area contributed by atoms with Gasteiger partial charge in [-0.1, -0.05) is 18.9 Å². The third-order valence-corrected chi connectivity index (χ3v) is 4.75. The van der Waals surface area contributed by atoms with Crippen LogP contribution in [0.2, 0.25) is 0 Å². The highest BCUT2D eigenvalue weighted by Gasteiger charge is 2.06. The Balaban J connectivity index is 2.61. The van der Waals surface area contributed by atoms with Crippen molar-refractivity contribution in [2.24, 2.45) is 0 Å². The number of hydrogen-bond acceptors (Lipinski definition) is 7. The van der Waals surface area contributed by atoms with Gasteiger partial charge in [0, 0.05) is 12.5 Å². The predicted molar refractivity (Wildman–Crippen MR) is 113 cm³/mol. The first-order valence-electron chi connectivity index (χ1n) is 9.79. The van der Waals surface area contributed by atoms with Crippen LogP contribution in [0, 0.1) is 0 Å². The molecule has 0 unspecified atom stereocenters. The molecule has 30 heavy (non-hydrogen) atoms. The number of carbonyl (C=O) groups excluding carboxylic acids is 1. The number of aryl methyl sites for hydroxylation is 1. The van der Waals surface area contributed by atoms with Crippen LogP contribution in [0.25, 0.3) is 6.08 Å². The number of carboxylic acid groups (broad SMARTS) is 1. The van der Waals surface area contributed by atoms with Gasteiger partial charge < -0.3 is 14.6 Å². The van der Waals surface area contributed by atoms with Crippen molar-refractivity contribution in [3.8, 4) is 5.75 Å². The van der Waals surface area contributed by atoms with Crippen LogP contribution in [0.5, 0.6) is 5.75 Å². The summed E-state index contributed by atoms with van der Waals surface area (Å²) in [5, 5.41) is 8.68. The van der Waals surface area contributed by atoms with E-state index in [1.165, 1.54) is 13.2 Å². The molecule has 0 bridgehead atoms. The van der Waals surface area contributed by atoms with Crippen LogP contribution in [-0.4, -0.2) is 52.0 Å². The number of ether oxygens (including phenoxy) is 2. The van der Waals surface area contributed by atoms with Crippen LogP contribution in [-0.2, 0) is 35.0 Å².